The molecule has 34 heavy (non-hydrogen) atoms. The van der Waals surface area contributed by atoms with Gasteiger partial charge in [-0.1, -0.05) is 28.1 Å². The maximum Gasteiger partial charge on any atom is 0.201 e. The highest BCUT2D eigenvalue weighted by Crippen LogP contribution is 2.37. The summed E-state index contributed by atoms with van der Waals surface area (Å²) in [5.74, 6) is 0.557. The minimum atomic E-state index is -0.335. The maximum absolute atomic E-state index is 13.6. The van der Waals surface area contributed by atoms with Crippen LogP contribution in [0.4, 0.5) is 10.1 Å². The van der Waals surface area contributed by atoms with Crippen LogP contribution in [-0.4, -0.2) is 21.2 Å². The summed E-state index contributed by atoms with van der Waals surface area (Å²) in [5.41, 5.74) is 11.2. The molecule has 0 saturated carbocycles. The summed E-state index contributed by atoms with van der Waals surface area (Å²) in [7, 11) is 0. The van der Waals surface area contributed by atoms with Gasteiger partial charge in [-0.05, 0) is 79.6 Å². The van der Waals surface area contributed by atoms with Crippen LogP contribution in [0.3, 0.4) is 0 Å². The van der Waals surface area contributed by atoms with E-state index in [9.17, 15) is 4.39 Å². The summed E-state index contributed by atoms with van der Waals surface area (Å²) in [6.07, 6.45) is 4.54. The second-order valence-electron chi connectivity index (χ2n) is 8.30. The summed E-state index contributed by atoms with van der Waals surface area (Å²) in [6, 6.07) is 22.3. The van der Waals surface area contributed by atoms with Gasteiger partial charge >= 0.3 is 0 Å². The Hall–Kier alpha value is -3.58. The Morgan fingerprint density at radius 2 is 1.71 bits per heavy atom. The van der Waals surface area contributed by atoms with E-state index in [1.165, 1.54) is 17.7 Å². The number of hydrogen-bond acceptors (Lipinski definition) is 4. The number of ether oxygens (including phenoxy) is 1. The number of nitrogen functional groups attached to an aromatic ring is 1. The number of allylic oxidation sites excluding steroid dienone is 1. The van der Waals surface area contributed by atoms with E-state index in [4.69, 9.17) is 15.6 Å². The number of nitrogens with two attached hydrogens (primary N) is 1. The van der Waals surface area contributed by atoms with E-state index in [-0.39, 0.29) is 12.0 Å². The quantitative estimate of drug-likeness (QED) is 0.297. The van der Waals surface area contributed by atoms with Crippen molar-refractivity contribution >= 4 is 21.6 Å². The molecule has 4 aromatic rings. The first-order chi connectivity index (χ1) is 16.5. The first kappa shape index (κ1) is 22.2. The van der Waals surface area contributed by atoms with Crippen LogP contribution in [0.25, 0.3) is 16.9 Å². The highest BCUT2D eigenvalue weighted by atomic mass is 79.9. The van der Waals surface area contributed by atoms with Crippen molar-refractivity contribution in [1.29, 1.82) is 0 Å². The lowest BCUT2D eigenvalue weighted by atomic mass is 10.1. The molecule has 0 fully saturated rings. The number of hydrogen-bond donors (Lipinski definition) is 1. The molecular formula is C27H24BrFN4O. The van der Waals surface area contributed by atoms with E-state index in [0.29, 0.717) is 0 Å². The van der Waals surface area contributed by atoms with Gasteiger partial charge in [-0.3, -0.25) is 0 Å². The van der Waals surface area contributed by atoms with Crippen molar-refractivity contribution in [2.75, 3.05) is 12.3 Å². The number of aromatic nitrogens is 2. The molecule has 2 heterocycles. The molecule has 0 aliphatic carbocycles. The van der Waals surface area contributed by atoms with Crippen molar-refractivity contribution in [3.8, 4) is 16.9 Å². The molecule has 0 amide bonds. The molecule has 7 heteroatoms. The first-order valence-electron chi connectivity index (χ1n) is 11.0. The summed E-state index contributed by atoms with van der Waals surface area (Å²) in [6.45, 7) is 2.71. The Bertz CT molecular complexity index is 1310. The van der Waals surface area contributed by atoms with Crippen molar-refractivity contribution < 1.29 is 9.13 Å². The topological polar surface area (TPSA) is 56.3 Å². The minimum absolute atomic E-state index is 0.280. The number of anilines is 1. The third-order valence-electron chi connectivity index (χ3n) is 5.80. The minimum Gasteiger partial charge on any atom is -0.469 e. The summed E-state index contributed by atoms with van der Waals surface area (Å²) in [5, 5.41) is 4.88. The van der Waals surface area contributed by atoms with Crippen molar-refractivity contribution in [3.63, 3.8) is 0 Å². The van der Waals surface area contributed by atoms with Crippen LogP contribution < -0.4 is 5.73 Å². The Morgan fingerprint density at radius 3 is 2.41 bits per heavy atom. The number of halogens is 2. The predicted octanol–water partition coefficient (Wildman–Crippen LogP) is 6.46. The Balaban J connectivity index is 1.50. The first-order valence-corrected chi connectivity index (χ1v) is 11.8. The lowest BCUT2D eigenvalue weighted by Gasteiger charge is -2.24. The maximum atomic E-state index is 13.6. The average molecular weight is 519 g/mol. The van der Waals surface area contributed by atoms with Gasteiger partial charge in [0.05, 0.1) is 11.3 Å². The normalized spacial score (nSPS) is 15.3. The lowest BCUT2D eigenvalue weighted by molar-refractivity contribution is 0.0444. The fourth-order valence-corrected chi connectivity index (χ4v) is 4.33. The van der Waals surface area contributed by atoms with E-state index in [2.05, 4.69) is 20.8 Å². The molecule has 2 N–H and O–H groups in total. The van der Waals surface area contributed by atoms with E-state index < -0.39 is 0 Å². The summed E-state index contributed by atoms with van der Waals surface area (Å²) < 4.78 is 22.7. The molecule has 5 rings (SSSR count). The van der Waals surface area contributed by atoms with Crippen LogP contribution in [0.2, 0.25) is 0 Å². The third-order valence-corrected chi connectivity index (χ3v) is 6.33. The van der Waals surface area contributed by atoms with Gasteiger partial charge in [0, 0.05) is 34.7 Å². The van der Waals surface area contributed by atoms with Crippen molar-refractivity contribution in [3.05, 3.63) is 112 Å². The van der Waals surface area contributed by atoms with Crippen molar-refractivity contribution in [2.24, 2.45) is 0 Å². The number of rotatable bonds is 6. The van der Waals surface area contributed by atoms with Gasteiger partial charge in [-0.2, -0.15) is 5.10 Å². The molecule has 0 radical (unpaired) electrons. The molecule has 172 valence electrons. The van der Waals surface area contributed by atoms with Gasteiger partial charge in [-0.25, -0.2) is 9.07 Å². The fourth-order valence-electron chi connectivity index (χ4n) is 4.07. The molecule has 1 aliphatic heterocycles. The molecule has 3 aromatic carbocycles. The largest absolute Gasteiger partial charge is 0.469 e. The van der Waals surface area contributed by atoms with Gasteiger partial charge in [0.15, 0.2) is 0 Å². The smallest absolute Gasteiger partial charge is 0.201 e. The third kappa shape index (κ3) is 4.70. The van der Waals surface area contributed by atoms with E-state index in [0.717, 1.165) is 51.4 Å². The van der Waals surface area contributed by atoms with Crippen LogP contribution in [0, 0.1) is 5.82 Å². The van der Waals surface area contributed by atoms with Gasteiger partial charge in [0.25, 0.3) is 0 Å². The van der Waals surface area contributed by atoms with Crippen LogP contribution in [-0.2, 0) is 11.2 Å². The molecule has 0 bridgehead atoms. The van der Waals surface area contributed by atoms with Crippen molar-refractivity contribution in [2.45, 2.75) is 19.6 Å². The average Bonchev–Trinajstić information content (AvgIpc) is 3.43. The molecule has 1 aromatic heterocycles. The predicted molar refractivity (Wildman–Crippen MR) is 136 cm³/mol. The molecular weight excluding hydrogens is 495 g/mol. The number of benzene rings is 3. The van der Waals surface area contributed by atoms with Crippen LogP contribution >= 0.6 is 15.9 Å². The Labute approximate surface area is 206 Å². The molecule has 0 spiro atoms. The second kappa shape index (κ2) is 9.35. The van der Waals surface area contributed by atoms with Gasteiger partial charge in [0.1, 0.15) is 17.3 Å². The highest BCUT2D eigenvalue weighted by molar-refractivity contribution is 9.10. The van der Waals surface area contributed by atoms with Crippen LogP contribution in [0.1, 0.15) is 24.3 Å². The van der Waals surface area contributed by atoms with E-state index >= 15 is 0 Å². The van der Waals surface area contributed by atoms with E-state index in [1.54, 1.807) is 12.1 Å². The van der Waals surface area contributed by atoms with Crippen LogP contribution in [0.15, 0.2) is 95.4 Å². The Morgan fingerprint density at radius 1 is 1.00 bits per heavy atom. The monoisotopic (exact) mass is 518 g/mol. The van der Waals surface area contributed by atoms with Gasteiger partial charge < -0.3 is 15.4 Å². The highest BCUT2D eigenvalue weighted by Gasteiger charge is 2.30. The Kier molecular flexibility index (Phi) is 6.11. The zero-order valence-electron chi connectivity index (χ0n) is 18.7. The second-order valence-corrected chi connectivity index (χ2v) is 9.22. The molecule has 5 nitrogen and oxygen atoms in total. The molecule has 1 unspecified atom stereocenters. The zero-order chi connectivity index (χ0) is 23.7. The van der Waals surface area contributed by atoms with Gasteiger partial charge in [0.2, 0.25) is 6.23 Å². The number of nitrogens with zero attached hydrogens (tertiary/aromatic N) is 3. The fraction of sp³-hybridized carbons (Fsp3) is 0.148. The zero-order valence-corrected chi connectivity index (χ0v) is 20.2. The van der Waals surface area contributed by atoms with Gasteiger partial charge in [-0.15, -0.1) is 0 Å². The standard InChI is InChI=1S/C27H24BrFN4O/c1-18-16-32(15-14-19-2-10-23(30)11-3-19)27(34-18)25-17-33(24-12-6-21(28)7-13-24)31-26(25)20-4-8-22(29)9-5-20/h2-13,16-17,27H,14-15,30H2,1H3. The lowest BCUT2D eigenvalue weighted by Crippen LogP contribution is -2.23. The SMILES string of the molecule is CC1=CN(CCc2ccc(N)cc2)C(c2cn(-c3ccc(Br)cc3)nc2-c2ccc(F)cc2)O1. The summed E-state index contributed by atoms with van der Waals surface area (Å²) >= 11 is 3.48. The molecule has 0 saturated heterocycles. The van der Waals surface area contributed by atoms with Crippen LogP contribution in [0.5, 0.6) is 0 Å². The van der Waals surface area contributed by atoms with Crippen molar-refractivity contribution in [1.82, 2.24) is 14.7 Å². The molecule has 1 aliphatic rings. The molecule has 1 atom stereocenters. The van der Waals surface area contributed by atoms with E-state index in [1.807, 2.05) is 72.5 Å². The summed E-state index contributed by atoms with van der Waals surface area (Å²) in [4.78, 5) is 2.18.